The number of benzene rings is 1. The van der Waals surface area contributed by atoms with Gasteiger partial charge in [0.25, 0.3) is 0 Å². The number of hydrogen-bond donors (Lipinski definition) is 1. The lowest BCUT2D eigenvalue weighted by Gasteiger charge is -2.35. The van der Waals surface area contributed by atoms with E-state index in [0.717, 1.165) is 36.4 Å². The molecule has 1 heterocycles. The lowest BCUT2D eigenvalue weighted by Crippen LogP contribution is -2.34. The summed E-state index contributed by atoms with van der Waals surface area (Å²) in [6.45, 7) is 1.00. The average Bonchev–Trinajstić information content (AvgIpc) is 2.75. The maximum atomic E-state index is 9.13. The van der Waals surface area contributed by atoms with Crippen LogP contribution in [0.5, 0.6) is 11.5 Å². The Balaban J connectivity index is 1.68. The van der Waals surface area contributed by atoms with Gasteiger partial charge in [0.2, 0.25) is 6.79 Å². The molecule has 0 amide bonds. The van der Waals surface area contributed by atoms with Crippen molar-refractivity contribution in [2.75, 3.05) is 18.7 Å². The summed E-state index contributed by atoms with van der Waals surface area (Å²) in [6.07, 6.45) is 3.17. The number of nitriles is 1. The summed E-state index contributed by atoms with van der Waals surface area (Å²) >= 11 is 0. The third-order valence-electron chi connectivity index (χ3n) is 3.55. The molecular weight excluding hydrogens is 216 g/mol. The van der Waals surface area contributed by atoms with Crippen LogP contribution in [0.3, 0.4) is 0 Å². The molecule has 0 radical (unpaired) electrons. The van der Waals surface area contributed by atoms with Gasteiger partial charge in [-0.1, -0.05) is 6.42 Å². The van der Waals surface area contributed by atoms with Crippen LogP contribution in [0.25, 0.3) is 0 Å². The van der Waals surface area contributed by atoms with E-state index >= 15 is 0 Å². The van der Waals surface area contributed by atoms with Gasteiger partial charge in [0.1, 0.15) is 0 Å². The van der Waals surface area contributed by atoms with Crippen LogP contribution in [0.1, 0.15) is 19.3 Å². The second-order valence-electron chi connectivity index (χ2n) is 4.67. The predicted molar refractivity (Wildman–Crippen MR) is 63.0 cm³/mol. The largest absolute Gasteiger partial charge is 0.454 e. The lowest BCUT2D eigenvalue weighted by molar-refractivity contribution is 0.174. The van der Waals surface area contributed by atoms with Crippen LogP contribution < -0.4 is 14.8 Å². The Morgan fingerprint density at radius 3 is 2.82 bits per heavy atom. The minimum atomic E-state index is -0.156. The van der Waals surface area contributed by atoms with E-state index < -0.39 is 0 Å². The van der Waals surface area contributed by atoms with Crippen LogP contribution in [0.2, 0.25) is 0 Å². The van der Waals surface area contributed by atoms with Crippen LogP contribution in [-0.2, 0) is 0 Å². The zero-order chi connectivity index (χ0) is 11.7. The lowest BCUT2D eigenvalue weighted by atomic mass is 9.70. The number of fused-ring (bicyclic) bond motifs is 1. The van der Waals surface area contributed by atoms with Crippen LogP contribution >= 0.6 is 0 Å². The normalized spacial score (nSPS) is 19.2. The third kappa shape index (κ3) is 1.78. The first-order chi connectivity index (χ1) is 8.31. The van der Waals surface area contributed by atoms with Gasteiger partial charge in [-0.3, -0.25) is 0 Å². The molecule has 4 nitrogen and oxygen atoms in total. The van der Waals surface area contributed by atoms with Crippen molar-refractivity contribution in [3.05, 3.63) is 18.2 Å². The molecule has 0 bridgehead atoms. The van der Waals surface area contributed by atoms with Crippen molar-refractivity contribution >= 4 is 5.69 Å². The SMILES string of the molecule is N#CC1(CNc2ccc3c(c2)OCO3)CCC1. The first kappa shape index (κ1) is 10.3. The summed E-state index contributed by atoms with van der Waals surface area (Å²) < 4.78 is 10.6. The van der Waals surface area contributed by atoms with Gasteiger partial charge >= 0.3 is 0 Å². The van der Waals surface area contributed by atoms with Crippen LogP contribution in [0.15, 0.2) is 18.2 Å². The van der Waals surface area contributed by atoms with Gasteiger partial charge in [-0.15, -0.1) is 0 Å². The zero-order valence-electron chi connectivity index (χ0n) is 9.53. The first-order valence-electron chi connectivity index (χ1n) is 5.86. The van der Waals surface area contributed by atoms with E-state index in [-0.39, 0.29) is 5.41 Å². The minimum absolute atomic E-state index is 0.156. The van der Waals surface area contributed by atoms with Crippen molar-refractivity contribution < 1.29 is 9.47 Å². The highest BCUT2D eigenvalue weighted by atomic mass is 16.7. The van der Waals surface area contributed by atoms with Gasteiger partial charge in [-0.25, -0.2) is 0 Å². The molecule has 1 fully saturated rings. The highest BCUT2D eigenvalue weighted by Gasteiger charge is 2.36. The maximum absolute atomic E-state index is 9.13. The number of nitrogens with zero attached hydrogens (tertiary/aromatic N) is 1. The predicted octanol–water partition coefficient (Wildman–Crippen LogP) is 2.52. The molecule has 1 aromatic carbocycles. The molecule has 0 spiro atoms. The fourth-order valence-corrected chi connectivity index (χ4v) is 2.21. The molecular formula is C13H14N2O2. The van der Waals surface area contributed by atoms with Gasteiger partial charge < -0.3 is 14.8 Å². The van der Waals surface area contributed by atoms with E-state index in [9.17, 15) is 0 Å². The molecule has 0 saturated heterocycles. The Morgan fingerprint density at radius 1 is 1.29 bits per heavy atom. The van der Waals surface area contributed by atoms with Crippen molar-refractivity contribution in [2.45, 2.75) is 19.3 Å². The van der Waals surface area contributed by atoms with E-state index in [0.29, 0.717) is 13.3 Å². The summed E-state index contributed by atoms with van der Waals surface area (Å²) in [6, 6.07) is 8.19. The van der Waals surface area contributed by atoms with Gasteiger partial charge in [0.05, 0.1) is 11.5 Å². The van der Waals surface area contributed by atoms with Crippen molar-refractivity contribution in [2.24, 2.45) is 5.41 Å². The maximum Gasteiger partial charge on any atom is 0.231 e. The van der Waals surface area contributed by atoms with E-state index in [2.05, 4.69) is 11.4 Å². The third-order valence-corrected chi connectivity index (χ3v) is 3.55. The Bertz CT molecular complexity index is 475. The van der Waals surface area contributed by atoms with E-state index in [1.54, 1.807) is 0 Å². The molecule has 17 heavy (non-hydrogen) atoms. The van der Waals surface area contributed by atoms with Crippen LogP contribution in [0, 0.1) is 16.7 Å². The second-order valence-corrected chi connectivity index (χ2v) is 4.67. The Labute approximate surface area is 100 Å². The smallest absolute Gasteiger partial charge is 0.231 e. The molecule has 1 aliphatic carbocycles. The summed E-state index contributed by atoms with van der Waals surface area (Å²) in [4.78, 5) is 0. The number of nitrogens with one attached hydrogen (secondary N) is 1. The standard InChI is InChI=1S/C13H14N2O2/c14-7-13(4-1-5-13)8-15-10-2-3-11-12(6-10)17-9-16-11/h2-3,6,15H,1,4-5,8-9H2. The highest BCUT2D eigenvalue weighted by Crippen LogP contribution is 2.41. The van der Waals surface area contributed by atoms with Gasteiger partial charge in [0.15, 0.2) is 11.5 Å². The summed E-state index contributed by atoms with van der Waals surface area (Å²) in [7, 11) is 0. The molecule has 0 aromatic heterocycles. The van der Waals surface area contributed by atoms with E-state index in [4.69, 9.17) is 14.7 Å². The van der Waals surface area contributed by atoms with Crippen molar-refractivity contribution in [3.63, 3.8) is 0 Å². The fraction of sp³-hybridized carbons (Fsp3) is 0.462. The molecule has 88 valence electrons. The van der Waals surface area contributed by atoms with Gasteiger partial charge in [-0.05, 0) is 25.0 Å². The van der Waals surface area contributed by atoms with Crippen LogP contribution in [-0.4, -0.2) is 13.3 Å². The van der Waals surface area contributed by atoms with E-state index in [1.165, 1.54) is 0 Å². The Morgan fingerprint density at radius 2 is 2.12 bits per heavy atom. The van der Waals surface area contributed by atoms with Crippen molar-refractivity contribution in [3.8, 4) is 17.6 Å². The molecule has 1 saturated carbocycles. The summed E-state index contributed by atoms with van der Waals surface area (Å²) in [5, 5.41) is 12.4. The van der Waals surface area contributed by atoms with Crippen LogP contribution in [0.4, 0.5) is 5.69 Å². The Kier molecular flexibility index (Phi) is 2.32. The fourth-order valence-electron chi connectivity index (χ4n) is 2.21. The number of ether oxygens (including phenoxy) is 2. The number of hydrogen-bond acceptors (Lipinski definition) is 4. The molecule has 0 unspecified atom stereocenters. The quantitative estimate of drug-likeness (QED) is 0.866. The zero-order valence-corrected chi connectivity index (χ0v) is 9.53. The molecule has 1 N–H and O–H groups in total. The molecule has 0 atom stereocenters. The number of anilines is 1. The first-order valence-corrected chi connectivity index (χ1v) is 5.86. The molecule has 1 aliphatic heterocycles. The second kappa shape index (κ2) is 3.85. The molecule has 3 rings (SSSR count). The number of rotatable bonds is 3. The topological polar surface area (TPSA) is 54.3 Å². The summed E-state index contributed by atoms with van der Waals surface area (Å²) in [5.41, 5.74) is 0.826. The molecule has 1 aromatic rings. The molecule has 4 heteroatoms. The van der Waals surface area contributed by atoms with Gasteiger partial charge in [-0.2, -0.15) is 5.26 Å². The van der Waals surface area contributed by atoms with E-state index in [1.807, 2.05) is 18.2 Å². The van der Waals surface area contributed by atoms with Gasteiger partial charge in [0, 0.05) is 18.3 Å². The van der Waals surface area contributed by atoms with Crippen molar-refractivity contribution in [1.29, 1.82) is 5.26 Å². The monoisotopic (exact) mass is 230 g/mol. The Hall–Kier alpha value is -1.89. The summed E-state index contributed by atoms with van der Waals surface area (Å²) in [5.74, 6) is 1.56. The molecule has 2 aliphatic rings. The minimum Gasteiger partial charge on any atom is -0.454 e. The average molecular weight is 230 g/mol. The van der Waals surface area contributed by atoms with Crippen molar-refractivity contribution in [1.82, 2.24) is 0 Å². The highest BCUT2D eigenvalue weighted by molar-refractivity contribution is 5.55.